The number of likely N-dealkylation sites (tertiary alicyclic amines) is 2. The number of hydrogen-bond acceptors (Lipinski definition) is 4. The number of fused-ring (bicyclic) bond motifs is 1. The number of carbonyl (C=O) groups excluding carboxylic acids is 2. The Kier molecular flexibility index (Phi) is 5.25. The standard InChI is InChI=1S/C19H27F2N5O2/c1-12-8-16-22-14(9-15(19(20)21)26(16)23-12)13-4-2-6-24(10-13)18(28)11-25-7-3-5-17(25)27/h8,13-15,19,22H,2-7,9-11H2,1H3/t13?,14-,15+/m0/s1. The fourth-order valence-electron chi connectivity index (χ4n) is 4.71. The molecule has 28 heavy (non-hydrogen) atoms. The van der Waals surface area contributed by atoms with Crippen LogP contribution in [0.4, 0.5) is 14.6 Å². The number of amides is 2. The maximum Gasteiger partial charge on any atom is 0.260 e. The van der Waals surface area contributed by atoms with E-state index in [4.69, 9.17) is 0 Å². The summed E-state index contributed by atoms with van der Waals surface area (Å²) in [5.41, 5.74) is 0.713. The summed E-state index contributed by atoms with van der Waals surface area (Å²) in [7, 11) is 0. The average molecular weight is 395 g/mol. The molecule has 4 heterocycles. The van der Waals surface area contributed by atoms with Crippen molar-refractivity contribution in [3.8, 4) is 0 Å². The second-order valence-electron chi connectivity index (χ2n) is 8.16. The van der Waals surface area contributed by atoms with E-state index in [-0.39, 0.29) is 30.3 Å². The number of hydrogen-bond donors (Lipinski definition) is 1. The molecule has 7 nitrogen and oxygen atoms in total. The molecule has 3 aliphatic heterocycles. The first kappa shape index (κ1) is 19.1. The van der Waals surface area contributed by atoms with E-state index in [2.05, 4.69) is 10.4 Å². The summed E-state index contributed by atoms with van der Waals surface area (Å²) in [5, 5.41) is 7.59. The summed E-state index contributed by atoms with van der Waals surface area (Å²) in [6.07, 6.45) is 0.883. The van der Waals surface area contributed by atoms with Gasteiger partial charge in [-0.15, -0.1) is 0 Å². The van der Waals surface area contributed by atoms with Crippen LogP contribution in [0.5, 0.6) is 0 Å². The van der Waals surface area contributed by atoms with E-state index in [1.165, 1.54) is 4.68 Å². The Bertz CT molecular complexity index is 753. The van der Waals surface area contributed by atoms with E-state index in [0.29, 0.717) is 44.0 Å². The number of nitrogens with zero attached hydrogens (tertiary/aromatic N) is 4. The molecule has 0 spiro atoms. The monoisotopic (exact) mass is 395 g/mol. The number of halogens is 2. The molecule has 1 unspecified atom stereocenters. The summed E-state index contributed by atoms with van der Waals surface area (Å²) < 4.78 is 28.7. The zero-order chi connectivity index (χ0) is 19.8. The Hall–Kier alpha value is -2.19. The molecular weight excluding hydrogens is 368 g/mol. The van der Waals surface area contributed by atoms with Crippen molar-refractivity contribution in [2.45, 2.75) is 57.5 Å². The molecule has 0 radical (unpaired) electrons. The number of alkyl halides is 2. The molecule has 0 bridgehead atoms. The third-order valence-electron chi connectivity index (χ3n) is 6.17. The molecule has 4 rings (SSSR count). The highest BCUT2D eigenvalue weighted by molar-refractivity contribution is 5.85. The van der Waals surface area contributed by atoms with Gasteiger partial charge in [-0.25, -0.2) is 13.5 Å². The SMILES string of the molecule is Cc1cc2n(n1)[C@@H](C(F)F)C[C@@H](C1CCCN(C(=O)CN3CCCC3=O)C1)N2. The molecule has 0 aromatic carbocycles. The average Bonchev–Trinajstić information content (AvgIpc) is 3.25. The Morgan fingerprint density at radius 3 is 2.89 bits per heavy atom. The largest absolute Gasteiger partial charge is 0.367 e. The number of carbonyl (C=O) groups is 2. The van der Waals surface area contributed by atoms with Crippen LogP contribution in [-0.2, 0) is 9.59 Å². The molecule has 1 aromatic heterocycles. The van der Waals surface area contributed by atoms with E-state index in [1.54, 1.807) is 22.8 Å². The van der Waals surface area contributed by atoms with E-state index in [0.717, 1.165) is 19.3 Å². The zero-order valence-electron chi connectivity index (χ0n) is 16.1. The van der Waals surface area contributed by atoms with Crippen molar-refractivity contribution in [3.05, 3.63) is 11.8 Å². The number of anilines is 1. The fourth-order valence-corrected chi connectivity index (χ4v) is 4.71. The summed E-state index contributed by atoms with van der Waals surface area (Å²) in [5.74, 6) is 0.740. The highest BCUT2D eigenvalue weighted by Gasteiger charge is 2.39. The smallest absolute Gasteiger partial charge is 0.260 e. The number of nitrogens with one attached hydrogen (secondary N) is 1. The van der Waals surface area contributed by atoms with Gasteiger partial charge >= 0.3 is 0 Å². The molecule has 2 fully saturated rings. The van der Waals surface area contributed by atoms with Crippen molar-refractivity contribution in [2.75, 3.05) is 31.5 Å². The molecule has 1 N–H and O–H groups in total. The minimum absolute atomic E-state index is 0.0398. The van der Waals surface area contributed by atoms with E-state index < -0.39 is 12.5 Å². The second kappa shape index (κ2) is 7.67. The van der Waals surface area contributed by atoms with Crippen LogP contribution in [0.1, 0.15) is 43.8 Å². The highest BCUT2D eigenvalue weighted by atomic mass is 19.3. The normalized spacial score (nSPS) is 27.9. The molecule has 1 aromatic rings. The lowest BCUT2D eigenvalue weighted by molar-refractivity contribution is -0.139. The molecule has 9 heteroatoms. The third-order valence-corrected chi connectivity index (χ3v) is 6.17. The van der Waals surface area contributed by atoms with Crippen LogP contribution in [0.15, 0.2) is 6.07 Å². The molecule has 154 valence electrons. The van der Waals surface area contributed by atoms with Gasteiger partial charge < -0.3 is 15.1 Å². The predicted molar refractivity (Wildman–Crippen MR) is 99.2 cm³/mol. The Labute approximate surface area is 163 Å². The van der Waals surface area contributed by atoms with Gasteiger partial charge in [0.05, 0.1) is 12.2 Å². The lowest BCUT2D eigenvalue weighted by atomic mass is 9.86. The van der Waals surface area contributed by atoms with Crippen molar-refractivity contribution < 1.29 is 18.4 Å². The molecular formula is C19H27F2N5O2. The first-order valence-corrected chi connectivity index (χ1v) is 10.1. The molecule has 2 saturated heterocycles. The lowest BCUT2D eigenvalue weighted by Gasteiger charge is -2.41. The van der Waals surface area contributed by atoms with E-state index >= 15 is 0 Å². The number of piperidine rings is 1. The Balaban J connectivity index is 1.43. The van der Waals surface area contributed by atoms with Crippen molar-refractivity contribution >= 4 is 17.6 Å². The summed E-state index contributed by atoms with van der Waals surface area (Å²) in [4.78, 5) is 27.9. The molecule has 3 aliphatic rings. The quantitative estimate of drug-likeness (QED) is 0.847. The van der Waals surface area contributed by atoms with Crippen molar-refractivity contribution in [3.63, 3.8) is 0 Å². The van der Waals surface area contributed by atoms with Crippen molar-refractivity contribution in [2.24, 2.45) is 5.92 Å². The van der Waals surface area contributed by atoms with Crippen LogP contribution in [-0.4, -0.2) is 70.0 Å². The summed E-state index contributed by atoms with van der Waals surface area (Å²) >= 11 is 0. The number of aromatic nitrogens is 2. The van der Waals surface area contributed by atoms with Gasteiger partial charge in [0.1, 0.15) is 11.9 Å². The van der Waals surface area contributed by atoms with Crippen LogP contribution in [0.3, 0.4) is 0 Å². The van der Waals surface area contributed by atoms with Gasteiger partial charge in [-0.3, -0.25) is 9.59 Å². The van der Waals surface area contributed by atoms with Gasteiger partial charge in [-0.05, 0) is 38.5 Å². The second-order valence-corrected chi connectivity index (χ2v) is 8.16. The number of rotatable bonds is 4. The Morgan fingerprint density at radius 1 is 1.36 bits per heavy atom. The van der Waals surface area contributed by atoms with Crippen molar-refractivity contribution in [1.82, 2.24) is 19.6 Å². The molecule has 0 aliphatic carbocycles. The van der Waals surface area contributed by atoms with Gasteiger partial charge in [0.25, 0.3) is 6.43 Å². The van der Waals surface area contributed by atoms with Gasteiger partial charge in [-0.1, -0.05) is 0 Å². The Morgan fingerprint density at radius 2 is 2.18 bits per heavy atom. The molecule has 2 amide bonds. The van der Waals surface area contributed by atoms with Gasteiger partial charge in [0, 0.05) is 38.2 Å². The maximum atomic E-state index is 13.6. The zero-order valence-corrected chi connectivity index (χ0v) is 16.1. The minimum atomic E-state index is -2.48. The van der Waals surface area contributed by atoms with Crippen LogP contribution >= 0.6 is 0 Å². The first-order valence-electron chi connectivity index (χ1n) is 10.1. The van der Waals surface area contributed by atoms with Gasteiger partial charge in [0.15, 0.2) is 0 Å². The van der Waals surface area contributed by atoms with Crippen LogP contribution < -0.4 is 5.32 Å². The first-order chi connectivity index (χ1) is 13.4. The topological polar surface area (TPSA) is 70.5 Å². The molecule has 3 atom stereocenters. The maximum absolute atomic E-state index is 13.6. The summed E-state index contributed by atoms with van der Waals surface area (Å²) in [6.45, 7) is 3.78. The summed E-state index contributed by atoms with van der Waals surface area (Å²) in [6, 6.07) is 0.738. The van der Waals surface area contributed by atoms with Gasteiger partial charge in [-0.2, -0.15) is 5.10 Å². The van der Waals surface area contributed by atoms with Crippen molar-refractivity contribution in [1.29, 1.82) is 0 Å². The van der Waals surface area contributed by atoms with E-state index in [9.17, 15) is 18.4 Å². The van der Waals surface area contributed by atoms with Crippen LogP contribution in [0.25, 0.3) is 0 Å². The predicted octanol–water partition coefficient (Wildman–Crippen LogP) is 2.04. The van der Waals surface area contributed by atoms with Crippen LogP contribution in [0, 0.1) is 12.8 Å². The molecule has 0 saturated carbocycles. The lowest BCUT2D eigenvalue weighted by Crippen LogP contribution is -2.50. The van der Waals surface area contributed by atoms with E-state index in [1.807, 2.05) is 0 Å². The van der Waals surface area contributed by atoms with Crippen LogP contribution in [0.2, 0.25) is 0 Å². The third kappa shape index (κ3) is 3.71. The fraction of sp³-hybridized carbons (Fsp3) is 0.737. The number of aryl methyl sites for hydroxylation is 1. The highest BCUT2D eigenvalue weighted by Crippen LogP contribution is 2.36. The minimum Gasteiger partial charge on any atom is -0.367 e. The van der Waals surface area contributed by atoms with Gasteiger partial charge in [0.2, 0.25) is 11.8 Å².